The van der Waals surface area contributed by atoms with Crippen LogP contribution < -0.4 is 10.1 Å². The summed E-state index contributed by atoms with van der Waals surface area (Å²) < 4.78 is 11.3. The van der Waals surface area contributed by atoms with Crippen LogP contribution >= 0.6 is 0 Å². The van der Waals surface area contributed by atoms with Crippen molar-refractivity contribution in [3.63, 3.8) is 0 Å². The number of hydrogen-bond acceptors (Lipinski definition) is 4. The van der Waals surface area contributed by atoms with E-state index in [1.54, 1.807) is 6.08 Å². The highest BCUT2D eigenvalue weighted by molar-refractivity contribution is 5.74. The van der Waals surface area contributed by atoms with Gasteiger partial charge in [0.15, 0.2) is 11.3 Å². The van der Waals surface area contributed by atoms with E-state index in [0.717, 1.165) is 22.5 Å². The van der Waals surface area contributed by atoms with Crippen LogP contribution in [0, 0.1) is 0 Å². The molecule has 1 N–H and O–H groups in total. The van der Waals surface area contributed by atoms with Gasteiger partial charge in [0.05, 0.1) is 11.8 Å². The molecule has 0 unspecified atom stereocenters. The van der Waals surface area contributed by atoms with Crippen molar-refractivity contribution in [1.82, 2.24) is 4.98 Å². The van der Waals surface area contributed by atoms with Gasteiger partial charge in [-0.25, -0.2) is 4.98 Å². The third-order valence-electron chi connectivity index (χ3n) is 2.93. The van der Waals surface area contributed by atoms with Crippen LogP contribution in [0.15, 0.2) is 58.8 Å². The van der Waals surface area contributed by atoms with Gasteiger partial charge in [0.1, 0.15) is 5.52 Å². The first-order valence-electron chi connectivity index (χ1n) is 6.00. The van der Waals surface area contributed by atoms with E-state index in [1.807, 2.05) is 48.5 Å². The molecule has 3 aromatic rings. The van der Waals surface area contributed by atoms with E-state index in [0.29, 0.717) is 11.8 Å². The van der Waals surface area contributed by atoms with Crippen molar-refractivity contribution in [2.45, 2.75) is 0 Å². The van der Waals surface area contributed by atoms with Gasteiger partial charge < -0.3 is 14.5 Å². The van der Waals surface area contributed by atoms with Gasteiger partial charge in [-0.3, -0.25) is 0 Å². The average molecular weight is 250 g/mol. The van der Waals surface area contributed by atoms with Crippen molar-refractivity contribution in [1.29, 1.82) is 0 Å². The minimum absolute atomic E-state index is 0.525. The van der Waals surface area contributed by atoms with Crippen LogP contribution in [0.25, 0.3) is 17.2 Å². The number of aromatic nitrogens is 1. The van der Waals surface area contributed by atoms with Crippen molar-refractivity contribution in [2.75, 3.05) is 5.32 Å². The number of fused-ring (bicyclic) bond motifs is 2. The standard InChI is InChI=1S/C15H10N2O2/c1-3-7-12-10(5-1)16-14(18-12)9-15-17-11-6-2-4-8-13(11)19-15/h1-9,16H. The van der Waals surface area contributed by atoms with E-state index in [4.69, 9.17) is 9.15 Å². The van der Waals surface area contributed by atoms with Crippen LogP contribution in [0.4, 0.5) is 5.69 Å². The highest BCUT2D eigenvalue weighted by atomic mass is 16.5. The first-order valence-corrected chi connectivity index (χ1v) is 6.00. The Morgan fingerprint density at radius 2 is 1.84 bits per heavy atom. The number of oxazole rings is 1. The molecule has 0 saturated heterocycles. The largest absolute Gasteiger partial charge is 0.439 e. The maximum atomic E-state index is 5.66. The van der Waals surface area contributed by atoms with Crippen LogP contribution in [0.1, 0.15) is 5.89 Å². The molecule has 1 aromatic heterocycles. The number of ether oxygens (including phenoxy) is 1. The fourth-order valence-corrected chi connectivity index (χ4v) is 2.07. The van der Waals surface area contributed by atoms with Crippen LogP contribution in [0.5, 0.6) is 5.75 Å². The third-order valence-corrected chi connectivity index (χ3v) is 2.93. The lowest BCUT2D eigenvalue weighted by Gasteiger charge is -1.95. The number of nitrogens with one attached hydrogen (secondary N) is 1. The van der Waals surface area contributed by atoms with Gasteiger partial charge in [0.2, 0.25) is 11.8 Å². The van der Waals surface area contributed by atoms with Crippen molar-refractivity contribution >= 4 is 22.9 Å². The van der Waals surface area contributed by atoms with Crippen LogP contribution in [0.2, 0.25) is 0 Å². The van der Waals surface area contributed by atoms with Gasteiger partial charge in [0, 0.05) is 0 Å². The van der Waals surface area contributed by atoms with E-state index in [1.165, 1.54) is 0 Å². The van der Waals surface area contributed by atoms with Gasteiger partial charge >= 0.3 is 0 Å². The molecule has 0 amide bonds. The Morgan fingerprint density at radius 3 is 2.74 bits per heavy atom. The van der Waals surface area contributed by atoms with E-state index < -0.39 is 0 Å². The average Bonchev–Trinajstić information content (AvgIpc) is 3.00. The Morgan fingerprint density at radius 1 is 1.00 bits per heavy atom. The summed E-state index contributed by atoms with van der Waals surface area (Å²) in [6.45, 7) is 0. The molecule has 4 heteroatoms. The summed E-state index contributed by atoms with van der Waals surface area (Å²) in [5, 5.41) is 3.17. The van der Waals surface area contributed by atoms with Crippen LogP contribution in [0.3, 0.4) is 0 Å². The first-order chi connectivity index (χ1) is 9.38. The molecule has 0 atom stereocenters. The molecule has 0 aliphatic carbocycles. The normalized spacial score (nSPS) is 15.3. The Hall–Kier alpha value is -2.75. The van der Waals surface area contributed by atoms with Gasteiger partial charge in [-0.1, -0.05) is 24.3 Å². The number of rotatable bonds is 1. The molecule has 4 nitrogen and oxygen atoms in total. The Labute approximate surface area is 109 Å². The molecule has 1 aliphatic heterocycles. The molecule has 4 rings (SSSR count). The second-order valence-electron chi connectivity index (χ2n) is 4.25. The summed E-state index contributed by atoms with van der Waals surface area (Å²) in [5.41, 5.74) is 2.56. The maximum Gasteiger partial charge on any atom is 0.225 e. The maximum absolute atomic E-state index is 5.66. The van der Waals surface area contributed by atoms with E-state index in [2.05, 4.69) is 10.3 Å². The van der Waals surface area contributed by atoms with Crippen molar-refractivity contribution in [2.24, 2.45) is 0 Å². The molecular weight excluding hydrogens is 240 g/mol. The van der Waals surface area contributed by atoms with Gasteiger partial charge in [-0.2, -0.15) is 0 Å². The predicted octanol–water partition coefficient (Wildman–Crippen LogP) is 3.63. The zero-order chi connectivity index (χ0) is 12.7. The topological polar surface area (TPSA) is 47.3 Å². The third kappa shape index (κ3) is 1.74. The van der Waals surface area contributed by atoms with Crippen molar-refractivity contribution in [3.05, 3.63) is 60.3 Å². The summed E-state index contributed by atoms with van der Waals surface area (Å²) in [7, 11) is 0. The zero-order valence-electron chi connectivity index (χ0n) is 9.96. The lowest BCUT2D eigenvalue weighted by Crippen LogP contribution is -1.95. The quantitative estimate of drug-likeness (QED) is 0.716. The molecule has 0 bridgehead atoms. The lowest BCUT2D eigenvalue weighted by atomic mass is 10.3. The number of nitrogens with zero attached hydrogens (tertiary/aromatic N) is 1. The second-order valence-corrected chi connectivity index (χ2v) is 4.25. The number of anilines is 1. The van der Waals surface area contributed by atoms with E-state index >= 15 is 0 Å². The molecule has 0 spiro atoms. The summed E-state index contributed by atoms with van der Waals surface area (Å²) in [5.74, 6) is 1.95. The van der Waals surface area contributed by atoms with E-state index in [9.17, 15) is 0 Å². The fraction of sp³-hybridized carbons (Fsp3) is 0. The Kier molecular flexibility index (Phi) is 2.08. The van der Waals surface area contributed by atoms with E-state index in [-0.39, 0.29) is 0 Å². The van der Waals surface area contributed by atoms with Crippen molar-refractivity contribution in [3.8, 4) is 5.75 Å². The van der Waals surface area contributed by atoms with Gasteiger partial charge in [0.25, 0.3) is 0 Å². The molecule has 0 fully saturated rings. The highest BCUT2D eigenvalue weighted by Crippen LogP contribution is 2.33. The Balaban J connectivity index is 1.70. The first kappa shape index (κ1) is 10.2. The highest BCUT2D eigenvalue weighted by Gasteiger charge is 2.16. The summed E-state index contributed by atoms with van der Waals surface area (Å²) in [6, 6.07) is 15.4. The Bertz CT molecular complexity index is 729. The fourth-order valence-electron chi connectivity index (χ4n) is 2.07. The second kappa shape index (κ2) is 3.88. The monoisotopic (exact) mass is 250 g/mol. The van der Waals surface area contributed by atoms with Gasteiger partial charge in [-0.05, 0) is 24.3 Å². The predicted molar refractivity (Wildman–Crippen MR) is 72.7 cm³/mol. The van der Waals surface area contributed by atoms with Crippen molar-refractivity contribution < 1.29 is 9.15 Å². The minimum atomic E-state index is 0.525. The smallest absolute Gasteiger partial charge is 0.225 e. The summed E-state index contributed by atoms with van der Waals surface area (Å²) >= 11 is 0. The van der Waals surface area contributed by atoms with Gasteiger partial charge in [-0.15, -0.1) is 0 Å². The summed E-state index contributed by atoms with van der Waals surface area (Å²) in [6.07, 6.45) is 1.75. The molecule has 0 saturated carbocycles. The minimum Gasteiger partial charge on any atom is -0.439 e. The molecule has 2 heterocycles. The molecule has 2 aromatic carbocycles. The number of hydrogen-bond donors (Lipinski definition) is 1. The number of benzene rings is 2. The molecule has 1 aliphatic rings. The number of para-hydroxylation sites is 4. The molecule has 19 heavy (non-hydrogen) atoms. The van der Waals surface area contributed by atoms with Crippen LogP contribution in [-0.4, -0.2) is 4.98 Å². The summed E-state index contributed by atoms with van der Waals surface area (Å²) in [4.78, 5) is 4.38. The zero-order valence-corrected chi connectivity index (χ0v) is 9.96. The molecule has 0 radical (unpaired) electrons. The molecule has 92 valence electrons. The molecular formula is C15H10N2O2. The van der Waals surface area contributed by atoms with Crippen LogP contribution in [-0.2, 0) is 0 Å². The SMILES string of the molecule is C(=C1Nc2ccccc2O1)c1nc2ccccc2o1. The lowest BCUT2D eigenvalue weighted by molar-refractivity contribution is 0.459.